The van der Waals surface area contributed by atoms with Crippen molar-refractivity contribution in [3.8, 4) is 11.5 Å². The van der Waals surface area contributed by atoms with Crippen LogP contribution in [0, 0.1) is 0 Å². The zero-order chi connectivity index (χ0) is 19.4. The number of nitrogens with two attached hydrogens (primary N) is 1. The van der Waals surface area contributed by atoms with E-state index in [0.29, 0.717) is 20.7 Å². The number of benzene rings is 2. The third kappa shape index (κ3) is 4.29. The lowest BCUT2D eigenvalue weighted by Crippen LogP contribution is -2.27. The fourth-order valence-electron chi connectivity index (χ4n) is 2.46. The molecule has 0 atom stereocenters. The molecule has 2 amide bonds. The lowest BCUT2D eigenvalue weighted by Gasteiger charge is -2.13. The fraction of sp³-hybridized carbons (Fsp3) is 0.105. The van der Waals surface area contributed by atoms with Crippen LogP contribution in [0.5, 0.6) is 11.5 Å². The highest BCUT2D eigenvalue weighted by molar-refractivity contribution is 8.27. The summed E-state index contributed by atoms with van der Waals surface area (Å²) >= 11 is 6.60. The van der Waals surface area contributed by atoms with Crippen LogP contribution in [0.2, 0.25) is 0 Å². The summed E-state index contributed by atoms with van der Waals surface area (Å²) in [6.45, 7) is -0.245. The molecule has 2 aromatic rings. The minimum atomic E-state index is -0.578. The van der Waals surface area contributed by atoms with Crippen molar-refractivity contribution in [2.45, 2.75) is 0 Å². The molecule has 2 aromatic carbocycles. The summed E-state index contributed by atoms with van der Waals surface area (Å²) in [6, 6.07) is 14.4. The SMILES string of the molecule is COc1cc(/C=C2/SC(=S)N(c3ccccc3)C2=O)ccc1OCC(N)=O. The molecule has 0 unspecified atom stereocenters. The average molecular weight is 400 g/mol. The molecule has 0 spiro atoms. The Balaban J connectivity index is 1.85. The molecular weight excluding hydrogens is 384 g/mol. The van der Waals surface area contributed by atoms with Gasteiger partial charge in [-0.25, -0.2) is 0 Å². The minimum Gasteiger partial charge on any atom is -0.493 e. The van der Waals surface area contributed by atoms with Gasteiger partial charge in [-0.2, -0.15) is 0 Å². The highest BCUT2D eigenvalue weighted by Crippen LogP contribution is 2.37. The second kappa shape index (κ2) is 8.24. The topological polar surface area (TPSA) is 81.9 Å². The van der Waals surface area contributed by atoms with Gasteiger partial charge in [0.25, 0.3) is 11.8 Å². The number of carbonyl (C=O) groups excluding carboxylic acids is 2. The molecule has 0 radical (unpaired) electrons. The van der Waals surface area contributed by atoms with Crippen molar-refractivity contribution in [3.63, 3.8) is 0 Å². The van der Waals surface area contributed by atoms with E-state index in [2.05, 4.69) is 0 Å². The normalized spacial score (nSPS) is 15.3. The third-order valence-electron chi connectivity index (χ3n) is 3.66. The summed E-state index contributed by atoms with van der Waals surface area (Å²) in [7, 11) is 1.49. The van der Waals surface area contributed by atoms with Crippen LogP contribution in [0.1, 0.15) is 5.56 Å². The number of nitrogens with zero attached hydrogens (tertiary/aromatic N) is 1. The number of anilines is 1. The van der Waals surface area contributed by atoms with Crippen LogP contribution in [0.3, 0.4) is 0 Å². The van der Waals surface area contributed by atoms with E-state index in [-0.39, 0.29) is 12.5 Å². The van der Waals surface area contributed by atoms with Crippen molar-refractivity contribution < 1.29 is 19.1 Å². The van der Waals surface area contributed by atoms with E-state index < -0.39 is 5.91 Å². The lowest BCUT2D eigenvalue weighted by atomic mass is 10.2. The maximum Gasteiger partial charge on any atom is 0.270 e. The lowest BCUT2D eigenvalue weighted by molar-refractivity contribution is -0.120. The number of hydrogen-bond acceptors (Lipinski definition) is 6. The number of primary amides is 1. The molecule has 1 heterocycles. The molecular formula is C19H16N2O4S2. The van der Waals surface area contributed by atoms with E-state index in [1.165, 1.54) is 23.8 Å². The number of para-hydroxylation sites is 1. The quantitative estimate of drug-likeness (QED) is 0.593. The second-order valence-corrected chi connectivity index (χ2v) is 7.19. The molecule has 3 rings (SSSR count). The van der Waals surface area contributed by atoms with Crippen molar-refractivity contribution in [1.82, 2.24) is 0 Å². The smallest absolute Gasteiger partial charge is 0.270 e. The highest BCUT2D eigenvalue weighted by Gasteiger charge is 2.33. The van der Waals surface area contributed by atoms with Gasteiger partial charge in [-0.3, -0.25) is 14.5 Å². The maximum atomic E-state index is 12.8. The van der Waals surface area contributed by atoms with Crippen LogP contribution in [0.15, 0.2) is 53.4 Å². The molecule has 0 aromatic heterocycles. The van der Waals surface area contributed by atoms with Crippen LogP contribution in [-0.4, -0.2) is 29.9 Å². The summed E-state index contributed by atoms with van der Waals surface area (Å²) in [5.41, 5.74) is 6.56. The molecule has 0 saturated carbocycles. The van der Waals surface area contributed by atoms with E-state index in [1.54, 1.807) is 24.3 Å². The molecule has 1 fully saturated rings. The standard InChI is InChI=1S/C19H16N2O4S2/c1-24-15-9-12(7-8-14(15)25-11-17(20)22)10-16-18(23)21(19(26)27-16)13-5-3-2-4-6-13/h2-10H,11H2,1H3,(H2,20,22)/b16-10+. The monoisotopic (exact) mass is 400 g/mol. The number of methoxy groups -OCH3 is 1. The zero-order valence-corrected chi connectivity index (χ0v) is 16.0. The zero-order valence-electron chi connectivity index (χ0n) is 14.4. The number of carbonyl (C=O) groups is 2. The van der Waals surface area contributed by atoms with Crippen molar-refractivity contribution in [2.24, 2.45) is 5.73 Å². The first-order chi connectivity index (χ1) is 13.0. The maximum absolute atomic E-state index is 12.8. The molecule has 8 heteroatoms. The molecule has 0 bridgehead atoms. The molecule has 1 saturated heterocycles. The van der Waals surface area contributed by atoms with Crippen LogP contribution in [0.25, 0.3) is 6.08 Å². The third-order valence-corrected chi connectivity index (χ3v) is 4.97. The first kappa shape index (κ1) is 18.9. The van der Waals surface area contributed by atoms with E-state index in [1.807, 2.05) is 30.3 Å². The summed E-state index contributed by atoms with van der Waals surface area (Å²) in [4.78, 5) is 25.7. The van der Waals surface area contributed by atoms with Crippen molar-refractivity contribution in [1.29, 1.82) is 0 Å². The summed E-state index contributed by atoms with van der Waals surface area (Å²) in [6.07, 6.45) is 1.74. The predicted octanol–water partition coefficient (Wildman–Crippen LogP) is 2.97. The Hall–Kier alpha value is -2.84. The molecule has 2 N–H and O–H groups in total. The van der Waals surface area contributed by atoms with E-state index in [0.717, 1.165) is 11.3 Å². The van der Waals surface area contributed by atoms with Gasteiger partial charge in [0, 0.05) is 0 Å². The molecule has 1 aliphatic heterocycles. The van der Waals surface area contributed by atoms with Gasteiger partial charge in [0.1, 0.15) is 0 Å². The van der Waals surface area contributed by atoms with Crippen molar-refractivity contribution in [3.05, 3.63) is 59.0 Å². The molecule has 1 aliphatic rings. The number of hydrogen-bond donors (Lipinski definition) is 1. The summed E-state index contributed by atoms with van der Waals surface area (Å²) in [5, 5.41) is 0. The van der Waals surface area contributed by atoms with Gasteiger partial charge in [-0.15, -0.1) is 0 Å². The Morgan fingerprint density at radius 3 is 2.63 bits per heavy atom. The molecule has 27 heavy (non-hydrogen) atoms. The molecule has 6 nitrogen and oxygen atoms in total. The van der Waals surface area contributed by atoms with E-state index in [9.17, 15) is 9.59 Å². The average Bonchev–Trinajstić information content (AvgIpc) is 2.94. The number of thiocarbonyl (C=S) groups is 1. The van der Waals surface area contributed by atoms with Gasteiger partial charge in [0.15, 0.2) is 22.4 Å². The summed E-state index contributed by atoms with van der Waals surface area (Å²) in [5.74, 6) is 0.0729. The van der Waals surface area contributed by atoms with Crippen LogP contribution >= 0.6 is 24.0 Å². The van der Waals surface area contributed by atoms with Gasteiger partial charge in [0.2, 0.25) is 0 Å². The number of thioether (sulfide) groups is 1. The Kier molecular flexibility index (Phi) is 5.78. The van der Waals surface area contributed by atoms with Gasteiger partial charge in [0.05, 0.1) is 17.7 Å². The Labute approximate surface area is 165 Å². The van der Waals surface area contributed by atoms with Gasteiger partial charge >= 0.3 is 0 Å². The Morgan fingerprint density at radius 2 is 1.96 bits per heavy atom. The molecule has 138 valence electrons. The number of amides is 2. The first-order valence-electron chi connectivity index (χ1n) is 7.91. The van der Waals surface area contributed by atoms with Crippen LogP contribution in [-0.2, 0) is 9.59 Å². The van der Waals surface area contributed by atoms with Crippen LogP contribution < -0.4 is 20.1 Å². The van der Waals surface area contributed by atoms with E-state index in [4.69, 9.17) is 27.4 Å². The minimum absolute atomic E-state index is 0.177. The Morgan fingerprint density at radius 1 is 1.22 bits per heavy atom. The molecule has 0 aliphatic carbocycles. The first-order valence-corrected chi connectivity index (χ1v) is 9.14. The van der Waals surface area contributed by atoms with Crippen molar-refractivity contribution in [2.75, 3.05) is 18.6 Å². The highest BCUT2D eigenvalue weighted by atomic mass is 32.2. The number of rotatable bonds is 6. The predicted molar refractivity (Wildman–Crippen MR) is 110 cm³/mol. The van der Waals surface area contributed by atoms with Crippen LogP contribution in [0.4, 0.5) is 5.69 Å². The Bertz CT molecular complexity index is 929. The number of ether oxygens (including phenoxy) is 2. The van der Waals surface area contributed by atoms with Gasteiger partial charge in [-0.1, -0.05) is 48.2 Å². The van der Waals surface area contributed by atoms with Gasteiger partial charge in [-0.05, 0) is 35.9 Å². The second-order valence-electron chi connectivity index (χ2n) is 5.52. The summed E-state index contributed by atoms with van der Waals surface area (Å²) < 4.78 is 11.1. The van der Waals surface area contributed by atoms with Crippen molar-refractivity contribution >= 4 is 51.9 Å². The van der Waals surface area contributed by atoms with E-state index >= 15 is 0 Å². The fourth-order valence-corrected chi connectivity index (χ4v) is 3.76. The van der Waals surface area contributed by atoms with Gasteiger partial charge < -0.3 is 15.2 Å². The largest absolute Gasteiger partial charge is 0.493 e.